The van der Waals surface area contributed by atoms with E-state index in [1.807, 2.05) is 0 Å². The summed E-state index contributed by atoms with van der Waals surface area (Å²) in [4.78, 5) is 15.7. The number of carbonyl (C=O) groups excluding carboxylic acids is 1. The molecule has 0 radical (unpaired) electrons. The predicted octanol–water partition coefficient (Wildman–Crippen LogP) is 4.27. The van der Waals surface area contributed by atoms with Crippen LogP contribution in [0.25, 0.3) is 0 Å². The zero-order chi connectivity index (χ0) is 14.4. The number of likely N-dealkylation sites (tertiary alicyclic amines) is 1. The fraction of sp³-hybridized carbons (Fsp3) is 0.588. The van der Waals surface area contributed by atoms with Crippen LogP contribution in [0, 0.1) is 6.92 Å². The molecule has 1 aromatic rings. The zero-order valence-electron chi connectivity index (χ0n) is 12.6. The number of nitrogens with zero attached hydrogens (tertiary/aromatic N) is 1. The van der Waals surface area contributed by atoms with Gasteiger partial charge in [0.05, 0.1) is 0 Å². The lowest BCUT2D eigenvalue weighted by molar-refractivity contribution is -0.134. The van der Waals surface area contributed by atoms with E-state index in [0.717, 1.165) is 18.7 Å². The molecule has 0 spiro atoms. The molecule has 1 fully saturated rings. The standard InChI is InChI=1S/C17H25NOS/c1-3-15-6-4-5-12-18(15)17(19)11-13-20-16-9-7-14(2)8-10-16/h7-10,15H,3-6,11-13H2,1-2H3/t15-/m0/s1. The minimum atomic E-state index is 0.344. The Balaban J connectivity index is 1.78. The summed E-state index contributed by atoms with van der Waals surface area (Å²) in [5, 5.41) is 0. The van der Waals surface area contributed by atoms with Crippen LogP contribution in [0.5, 0.6) is 0 Å². The molecular weight excluding hydrogens is 266 g/mol. The highest BCUT2D eigenvalue weighted by molar-refractivity contribution is 7.99. The summed E-state index contributed by atoms with van der Waals surface area (Å²) in [6.45, 7) is 5.25. The zero-order valence-corrected chi connectivity index (χ0v) is 13.4. The largest absolute Gasteiger partial charge is 0.340 e. The van der Waals surface area contributed by atoms with Gasteiger partial charge in [0.25, 0.3) is 0 Å². The second-order valence-electron chi connectivity index (χ2n) is 5.56. The molecule has 0 aromatic heterocycles. The maximum atomic E-state index is 12.3. The van der Waals surface area contributed by atoms with Gasteiger partial charge in [-0.05, 0) is 44.7 Å². The van der Waals surface area contributed by atoms with Crippen molar-refractivity contribution in [3.05, 3.63) is 29.8 Å². The lowest BCUT2D eigenvalue weighted by Crippen LogP contribution is -2.43. The lowest BCUT2D eigenvalue weighted by atomic mass is 10.00. The number of rotatable bonds is 5. The van der Waals surface area contributed by atoms with Crippen molar-refractivity contribution in [2.24, 2.45) is 0 Å². The molecule has 1 heterocycles. The van der Waals surface area contributed by atoms with Crippen LogP contribution >= 0.6 is 11.8 Å². The highest BCUT2D eigenvalue weighted by atomic mass is 32.2. The molecular formula is C17H25NOS. The molecule has 2 rings (SSSR count). The van der Waals surface area contributed by atoms with Gasteiger partial charge in [0.2, 0.25) is 5.91 Å². The van der Waals surface area contributed by atoms with E-state index in [-0.39, 0.29) is 0 Å². The molecule has 1 atom stereocenters. The van der Waals surface area contributed by atoms with Gasteiger partial charge in [0.15, 0.2) is 0 Å². The Bertz CT molecular complexity index is 429. The number of hydrogen-bond acceptors (Lipinski definition) is 2. The van der Waals surface area contributed by atoms with E-state index in [1.54, 1.807) is 11.8 Å². The van der Waals surface area contributed by atoms with E-state index in [1.165, 1.54) is 29.7 Å². The van der Waals surface area contributed by atoms with Crippen molar-refractivity contribution in [1.29, 1.82) is 0 Å². The molecule has 1 aliphatic heterocycles. The first kappa shape index (κ1) is 15.4. The lowest BCUT2D eigenvalue weighted by Gasteiger charge is -2.35. The molecule has 0 aliphatic carbocycles. The van der Waals surface area contributed by atoms with Crippen LogP contribution in [0.15, 0.2) is 29.2 Å². The van der Waals surface area contributed by atoms with E-state index < -0.39 is 0 Å². The molecule has 0 unspecified atom stereocenters. The summed E-state index contributed by atoms with van der Waals surface area (Å²) in [6.07, 6.45) is 5.40. The van der Waals surface area contributed by atoms with E-state index in [0.29, 0.717) is 18.4 Å². The van der Waals surface area contributed by atoms with E-state index in [4.69, 9.17) is 0 Å². The van der Waals surface area contributed by atoms with Gasteiger partial charge in [0, 0.05) is 29.7 Å². The van der Waals surface area contributed by atoms with Gasteiger partial charge >= 0.3 is 0 Å². The second-order valence-corrected chi connectivity index (χ2v) is 6.72. The first-order chi connectivity index (χ1) is 9.70. The maximum Gasteiger partial charge on any atom is 0.223 e. The molecule has 1 aliphatic rings. The number of benzene rings is 1. The van der Waals surface area contributed by atoms with Crippen LogP contribution in [0.4, 0.5) is 0 Å². The van der Waals surface area contributed by atoms with Crippen LogP contribution in [-0.2, 0) is 4.79 Å². The fourth-order valence-electron chi connectivity index (χ4n) is 2.79. The summed E-state index contributed by atoms with van der Waals surface area (Å²) in [5.41, 5.74) is 1.28. The highest BCUT2D eigenvalue weighted by Crippen LogP contribution is 2.23. The normalized spacial score (nSPS) is 19.1. The van der Waals surface area contributed by atoms with Crippen molar-refractivity contribution in [3.8, 4) is 0 Å². The number of hydrogen-bond donors (Lipinski definition) is 0. The van der Waals surface area contributed by atoms with Crippen molar-refractivity contribution in [3.63, 3.8) is 0 Å². The van der Waals surface area contributed by atoms with Crippen LogP contribution in [0.3, 0.4) is 0 Å². The Morgan fingerprint density at radius 2 is 2.05 bits per heavy atom. The Hall–Kier alpha value is -0.960. The molecule has 3 heteroatoms. The van der Waals surface area contributed by atoms with Gasteiger partial charge in [-0.1, -0.05) is 24.6 Å². The number of carbonyl (C=O) groups is 1. The topological polar surface area (TPSA) is 20.3 Å². The van der Waals surface area contributed by atoms with Crippen molar-refractivity contribution < 1.29 is 4.79 Å². The van der Waals surface area contributed by atoms with Crippen LogP contribution < -0.4 is 0 Å². The van der Waals surface area contributed by atoms with Crippen molar-refractivity contribution in [2.45, 2.75) is 56.9 Å². The summed E-state index contributed by atoms with van der Waals surface area (Å²) in [5.74, 6) is 1.23. The van der Waals surface area contributed by atoms with E-state index in [2.05, 4.69) is 43.0 Å². The summed E-state index contributed by atoms with van der Waals surface area (Å²) < 4.78 is 0. The minimum Gasteiger partial charge on any atom is -0.340 e. The molecule has 0 bridgehead atoms. The van der Waals surface area contributed by atoms with Gasteiger partial charge in [-0.15, -0.1) is 11.8 Å². The van der Waals surface area contributed by atoms with Crippen molar-refractivity contribution >= 4 is 17.7 Å². The Morgan fingerprint density at radius 1 is 1.30 bits per heavy atom. The van der Waals surface area contributed by atoms with Crippen LogP contribution in [0.1, 0.15) is 44.6 Å². The Kier molecular flexibility index (Phi) is 5.96. The molecule has 2 nitrogen and oxygen atoms in total. The Labute approximate surface area is 126 Å². The average molecular weight is 291 g/mol. The smallest absolute Gasteiger partial charge is 0.223 e. The molecule has 110 valence electrons. The van der Waals surface area contributed by atoms with E-state index in [9.17, 15) is 4.79 Å². The first-order valence-electron chi connectivity index (χ1n) is 7.69. The fourth-order valence-corrected chi connectivity index (χ4v) is 3.63. The molecule has 1 saturated heterocycles. The predicted molar refractivity (Wildman–Crippen MR) is 86.2 cm³/mol. The molecule has 1 aromatic carbocycles. The number of piperidine rings is 1. The number of thioether (sulfide) groups is 1. The van der Waals surface area contributed by atoms with Crippen molar-refractivity contribution in [1.82, 2.24) is 4.90 Å². The maximum absolute atomic E-state index is 12.3. The van der Waals surface area contributed by atoms with Crippen molar-refractivity contribution in [2.75, 3.05) is 12.3 Å². The summed E-state index contributed by atoms with van der Waals surface area (Å²) in [7, 11) is 0. The van der Waals surface area contributed by atoms with Gasteiger partial charge in [-0.2, -0.15) is 0 Å². The van der Waals surface area contributed by atoms with Gasteiger partial charge < -0.3 is 4.90 Å². The highest BCUT2D eigenvalue weighted by Gasteiger charge is 2.24. The quantitative estimate of drug-likeness (QED) is 0.755. The van der Waals surface area contributed by atoms with Crippen LogP contribution in [0.2, 0.25) is 0 Å². The third-order valence-electron chi connectivity index (χ3n) is 4.02. The summed E-state index contributed by atoms with van der Waals surface area (Å²) in [6, 6.07) is 9.02. The van der Waals surface area contributed by atoms with E-state index >= 15 is 0 Å². The Morgan fingerprint density at radius 3 is 2.75 bits per heavy atom. The number of aryl methyl sites for hydroxylation is 1. The SMILES string of the molecule is CC[C@H]1CCCCN1C(=O)CCSc1ccc(C)cc1. The summed E-state index contributed by atoms with van der Waals surface area (Å²) >= 11 is 1.78. The van der Waals surface area contributed by atoms with Crippen LogP contribution in [-0.4, -0.2) is 29.1 Å². The molecule has 0 saturated carbocycles. The first-order valence-corrected chi connectivity index (χ1v) is 8.68. The molecule has 1 amide bonds. The monoisotopic (exact) mass is 291 g/mol. The third kappa shape index (κ3) is 4.27. The third-order valence-corrected chi connectivity index (χ3v) is 5.04. The molecule has 0 N–H and O–H groups in total. The van der Waals surface area contributed by atoms with Gasteiger partial charge in [-0.25, -0.2) is 0 Å². The minimum absolute atomic E-state index is 0.344. The van der Waals surface area contributed by atoms with Gasteiger partial charge in [0.1, 0.15) is 0 Å². The second kappa shape index (κ2) is 7.72. The van der Waals surface area contributed by atoms with Gasteiger partial charge in [-0.3, -0.25) is 4.79 Å². The average Bonchev–Trinajstić information content (AvgIpc) is 2.49. The molecule has 20 heavy (non-hydrogen) atoms. The number of amides is 1.